The number of ether oxygens (including phenoxy) is 3. The van der Waals surface area contributed by atoms with Gasteiger partial charge in [0.05, 0.1) is 21.3 Å². The fraction of sp³-hybridized carbons (Fsp3) is 0.318. The molecule has 0 unspecified atom stereocenters. The Morgan fingerprint density at radius 1 is 0.967 bits per heavy atom. The summed E-state index contributed by atoms with van der Waals surface area (Å²) in [6, 6.07) is 12.3. The Morgan fingerprint density at radius 2 is 1.57 bits per heavy atom. The molecule has 1 amide bonds. The van der Waals surface area contributed by atoms with Crippen LogP contribution in [-0.2, 0) is 6.54 Å². The molecule has 0 aliphatic carbocycles. The molecule has 3 rings (SSSR count). The highest BCUT2D eigenvalue weighted by molar-refractivity contribution is 5.95. The van der Waals surface area contributed by atoms with Crippen molar-refractivity contribution >= 4 is 5.91 Å². The maximum Gasteiger partial charge on any atom is 0.254 e. The number of amides is 1. The minimum atomic E-state index is -0.189. The molecule has 0 fully saturated rings. The molecular weight excluding hydrogens is 386 g/mol. The average molecular weight is 411 g/mol. The summed E-state index contributed by atoms with van der Waals surface area (Å²) in [4.78, 5) is 19.3. The molecule has 2 aromatic carbocycles. The third-order valence-corrected chi connectivity index (χ3v) is 4.60. The molecule has 0 N–H and O–H groups in total. The molecule has 158 valence electrons. The third-order valence-electron chi connectivity index (χ3n) is 4.60. The van der Waals surface area contributed by atoms with Gasteiger partial charge >= 0.3 is 0 Å². The van der Waals surface area contributed by atoms with Gasteiger partial charge in [-0.25, -0.2) is 0 Å². The van der Waals surface area contributed by atoms with Crippen LogP contribution >= 0.6 is 0 Å². The zero-order valence-corrected chi connectivity index (χ0v) is 17.7. The van der Waals surface area contributed by atoms with Crippen LogP contribution in [-0.4, -0.2) is 48.3 Å². The van der Waals surface area contributed by atoms with Gasteiger partial charge in [0.1, 0.15) is 23.8 Å². The highest BCUT2D eigenvalue weighted by Crippen LogP contribution is 2.25. The first-order chi connectivity index (χ1) is 14.4. The molecule has 1 heterocycles. The summed E-state index contributed by atoms with van der Waals surface area (Å²) in [6.07, 6.45) is 0. The normalized spacial score (nSPS) is 10.7. The van der Waals surface area contributed by atoms with E-state index in [1.165, 1.54) is 0 Å². The number of carbonyl (C=O) groups excluding carboxylic acids is 1. The first-order valence-electron chi connectivity index (χ1n) is 9.46. The average Bonchev–Trinajstić information content (AvgIpc) is 3.25. The summed E-state index contributed by atoms with van der Waals surface area (Å²) in [6.45, 7) is 4.03. The van der Waals surface area contributed by atoms with E-state index in [2.05, 4.69) is 10.1 Å². The lowest BCUT2D eigenvalue weighted by atomic mass is 10.1. The summed E-state index contributed by atoms with van der Waals surface area (Å²) < 4.78 is 21.1. The van der Waals surface area contributed by atoms with E-state index >= 15 is 0 Å². The summed E-state index contributed by atoms with van der Waals surface area (Å²) in [5, 5.41) is 4.04. The van der Waals surface area contributed by atoms with Gasteiger partial charge in [-0.3, -0.25) is 4.79 Å². The zero-order chi connectivity index (χ0) is 21.7. The molecule has 0 aliphatic rings. The van der Waals surface area contributed by atoms with Gasteiger partial charge in [-0.2, -0.15) is 4.98 Å². The largest absolute Gasteiger partial charge is 0.497 e. The number of aromatic nitrogens is 2. The Bertz CT molecular complexity index is 976. The van der Waals surface area contributed by atoms with Crippen LogP contribution in [0.5, 0.6) is 17.2 Å². The van der Waals surface area contributed by atoms with Gasteiger partial charge in [-0.1, -0.05) is 5.16 Å². The highest BCUT2D eigenvalue weighted by Gasteiger charge is 2.23. The van der Waals surface area contributed by atoms with Crippen LogP contribution < -0.4 is 14.2 Å². The van der Waals surface area contributed by atoms with Gasteiger partial charge in [0, 0.05) is 23.2 Å². The van der Waals surface area contributed by atoms with Crippen LogP contribution in [0.15, 0.2) is 47.0 Å². The zero-order valence-electron chi connectivity index (χ0n) is 17.7. The van der Waals surface area contributed by atoms with Gasteiger partial charge < -0.3 is 23.6 Å². The van der Waals surface area contributed by atoms with Gasteiger partial charge in [0.25, 0.3) is 5.91 Å². The molecule has 8 heteroatoms. The van der Waals surface area contributed by atoms with Crippen molar-refractivity contribution in [1.82, 2.24) is 15.0 Å². The van der Waals surface area contributed by atoms with Crippen molar-refractivity contribution in [3.63, 3.8) is 0 Å². The van der Waals surface area contributed by atoms with Crippen LogP contribution in [0, 0.1) is 0 Å². The van der Waals surface area contributed by atoms with Crippen molar-refractivity contribution in [2.75, 3.05) is 21.3 Å². The predicted molar refractivity (Wildman–Crippen MR) is 111 cm³/mol. The molecular formula is C22H25N3O5. The number of rotatable bonds is 8. The van der Waals surface area contributed by atoms with E-state index in [9.17, 15) is 4.79 Å². The number of methoxy groups -OCH3 is 3. The smallest absolute Gasteiger partial charge is 0.254 e. The van der Waals surface area contributed by atoms with Crippen LogP contribution in [0.4, 0.5) is 0 Å². The molecule has 0 aliphatic heterocycles. The summed E-state index contributed by atoms with van der Waals surface area (Å²) in [5.41, 5.74) is 1.25. The topological polar surface area (TPSA) is 86.9 Å². The molecule has 0 radical (unpaired) electrons. The first kappa shape index (κ1) is 21.2. The first-order valence-corrected chi connectivity index (χ1v) is 9.46. The highest BCUT2D eigenvalue weighted by atomic mass is 16.5. The lowest BCUT2D eigenvalue weighted by Crippen LogP contribution is -2.36. The van der Waals surface area contributed by atoms with E-state index in [1.807, 2.05) is 38.1 Å². The predicted octanol–water partition coefficient (Wildman–Crippen LogP) is 3.81. The molecule has 3 aromatic rings. The maximum absolute atomic E-state index is 13.2. The van der Waals surface area contributed by atoms with Gasteiger partial charge in [0.2, 0.25) is 11.7 Å². The number of hydrogen-bond acceptors (Lipinski definition) is 7. The number of carbonyl (C=O) groups is 1. The fourth-order valence-electron chi connectivity index (χ4n) is 2.91. The van der Waals surface area contributed by atoms with Crippen molar-refractivity contribution in [1.29, 1.82) is 0 Å². The molecule has 0 saturated carbocycles. The SMILES string of the molecule is COc1ccc(-c2noc(CN(C(=O)c3cc(OC)cc(OC)c3)C(C)C)n2)cc1. The molecule has 0 bridgehead atoms. The summed E-state index contributed by atoms with van der Waals surface area (Å²) >= 11 is 0. The summed E-state index contributed by atoms with van der Waals surface area (Å²) in [7, 11) is 4.70. The van der Waals surface area contributed by atoms with Crippen LogP contribution in [0.1, 0.15) is 30.1 Å². The van der Waals surface area contributed by atoms with Crippen LogP contribution in [0.25, 0.3) is 11.4 Å². The lowest BCUT2D eigenvalue weighted by molar-refractivity contribution is 0.0666. The Morgan fingerprint density at radius 3 is 2.10 bits per heavy atom. The van der Waals surface area contributed by atoms with E-state index in [0.717, 1.165) is 11.3 Å². The molecule has 8 nitrogen and oxygen atoms in total. The van der Waals surface area contributed by atoms with E-state index in [-0.39, 0.29) is 18.5 Å². The molecule has 0 spiro atoms. The Labute approximate surface area is 175 Å². The number of nitrogens with zero attached hydrogens (tertiary/aromatic N) is 3. The van der Waals surface area contributed by atoms with Crippen molar-refractivity contribution < 1.29 is 23.5 Å². The third kappa shape index (κ3) is 4.71. The number of hydrogen-bond donors (Lipinski definition) is 0. The van der Waals surface area contributed by atoms with Gasteiger partial charge in [-0.15, -0.1) is 0 Å². The monoisotopic (exact) mass is 411 g/mol. The molecule has 30 heavy (non-hydrogen) atoms. The maximum atomic E-state index is 13.2. The van der Waals surface area contributed by atoms with Crippen LogP contribution in [0.3, 0.4) is 0 Å². The van der Waals surface area contributed by atoms with Gasteiger partial charge in [0.15, 0.2) is 0 Å². The van der Waals surface area contributed by atoms with Crippen LogP contribution in [0.2, 0.25) is 0 Å². The van der Waals surface area contributed by atoms with Crippen molar-refractivity contribution in [2.45, 2.75) is 26.4 Å². The van der Waals surface area contributed by atoms with Crippen molar-refractivity contribution in [2.24, 2.45) is 0 Å². The fourth-order valence-corrected chi connectivity index (χ4v) is 2.91. The molecule has 0 saturated heterocycles. The second-order valence-electron chi connectivity index (χ2n) is 6.87. The second kappa shape index (κ2) is 9.30. The minimum absolute atomic E-state index is 0.0916. The van der Waals surface area contributed by atoms with Crippen molar-refractivity contribution in [3.05, 3.63) is 53.9 Å². The number of benzene rings is 2. The van der Waals surface area contributed by atoms with Crippen molar-refractivity contribution in [3.8, 4) is 28.6 Å². The molecule has 0 atom stereocenters. The van der Waals surface area contributed by atoms with E-state index in [4.69, 9.17) is 18.7 Å². The Kier molecular flexibility index (Phi) is 6.56. The second-order valence-corrected chi connectivity index (χ2v) is 6.87. The minimum Gasteiger partial charge on any atom is -0.497 e. The quantitative estimate of drug-likeness (QED) is 0.557. The van der Waals surface area contributed by atoms with E-state index in [1.54, 1.807) is 44.4 Å². The van der Waals surface area contributed by atoms with Gasteiger partial charge in [-0.05, 0) is 50.2 Å². The van der Waals surface area contributed by atoms with E-state index < -0.39 is 0 Å². The van der Waals surface area contributed by atoms with E-state index in [0.29, 0.717) is 28.8 Å². The lowest BCUT2D eigenvalue weighted by Gasteiger charge is -2.25. The Balaban J connectivity index is 1.82. The Hall–Kier alpha value is -3.55. The standard InChI is InChI=1S/C22H25N3O5/c1-14(2)25(22(26)16-10-18(28-4)12-19(11-16)29-5)13-20-23-21(24-30-20)15-6-8-17(27-3)9-7-15/h6-12,14H,13H2,1-5H3. The summed E-state index contributed by atoms with van der Waals surface area (Å²) in [5.74, 6) is 2.44. The molecule has 1 aromatic heterocycles.